The van der Waals surface area contributed by atoms with Crippen molar-refractivity contribution in [2.45, 2.75) is 31.4 Å². The molecule has 154 valence electrons. The van der Waals surface area contributed by atoms with Gasteiger partial charge in [-0.3, -0.25) is 9.69 Å². The van der Waals surface area contributed by atoms with Crippen LogP contribution in [0.2, 0.25) is 0 Å². The second-order valence-electron chi connectivity index (χ2n) is 7.87. The average Bonchev–Trinajstić information content (AvgIpc) is 2.93. The summed E-state index contributed by atoms with van der Waals surface area (Å²) >= 11 is 0. The van der Waals surface area contributed by atoms with E-state index in [2.05, 4.69) is 4.90 Å². The molecule has 1 spiro atoms. The summed E-state index contributed by atoms with van der Waals surface area (Å²) in [5.74, 6) is 0.465. The van der Waals surface area contributed by atoms with Gasteiger partial charge in [0.2, 0.25) is 0 Å². The molecule has 2 fully saturated rings. The molecule has 1 amide bonds. The van der Waals surface area contributed by atoms with Gasteiger partial charge in [-0.05, 0) is 56.1 Å². The van der Waals surface area contributed by atoms with E-state index in [0.29, 0.717) is 18.8 Å². The molecule has 4 rings (SSSR count). The number of morpholine rings is 1. The molecule has 29 heavy (non-hydrogen) atoms. The van der Waals surface area contributed by atoms with E-state index in [1.807, 2.05) is 35.2 Å². The van der Waals surface area contributed by atoms with Gasteiger partial charge in [-0.25, -0.2) is 4.39 Å². The first-order valence-electron chi connectivity index (χ1n) is 10.1. The van der Waals surface area contributed by atoms with Gasteiger partial charge in [-0.1, -0.05) is 18.2 Å². The quantitative estimate of drug-likeness (QED) is 0.789. The number of anilines is 1. The van der Waals surface area contributed by atoms with Crippen LogP contribution in [0, 0.1) is 5.82 Å². The van der Waals surface area contributed by atoms with Crippen LogP contribution in [0.5, 0.6) is 5.75 Å². The third-order valence-electron chi connectivity index (χ3n) is 5.94. The van der Waals surface area contributed by atoms with Crippen LogP contribution in [-0.4, -0.2) is 49.8 Å². The lowest BCUT2D eigenvalue weighted by Crippen LogP contribution is -2.55. The summed E-state index contributed by atoms with van der Waals surface area (Å²) < 4.78 is 25.2. The van der Waals surface area contributed by atoms with Crippen molar-refractivity contribution < 1.29 is 18.7 Å². The highest BCUT2D eigenvalue weighted by atomic mass is 19.1. The van der Waals surface area contributed by atoms with Crippen molar-refractivity contribution in [1.29, 1.82) is 0 Å². The number of halogens is 1. The number of hydrogen-bond acceptors (Lipinski definition) is 4. The van der Waals surface area contributed by atoms with Crippen molar-refractivity contribution in [1.82, 2.24) is 4.90 Å². The third-order valence-corrected chi connectivity index (χ3v) is 5.94. The van der Waals surface area contributed by atoms with Crippen molar-refractivity contribution in [2.24, 2.45) is 0 Å². The van der Waals surface area contributed by atoms with E-state index >= 15 is 0 Å². The van der Waals surface area contributed by atoms with Gasteiger partial charge in [0.25, 0.3) is 5.91 Å². The lowest BCUT2D eigenvalue weighted by Gasteiger charge is -2.42. The molecular weight excluding hydrogens is 371 g/mol. The summed E-state index contributed by atoms with van der Waals surface area (Å²) in [5, 5.41) is 0. The van der Waals surface area contributed by atoms with Crippen LogP contribution >= 0.6 is 0 Å². The number of benzene rings is 2. The highest BCUT2D eigenvalue weighted by Crippen LogP contribution is 2.33. The summed E-state index contributed by atoms with van der Waals surface area (Å²) in [4.78, 5) is 16.6. The Kier molecular flexibility index (Phi) is 5.83. The highest BCUT2D eigenvalue weighted by Gasteiger charge is 2.41. The van der Waals surface area contributed by atoms with E-state index < -0.39 is 0 Å². The number of carbonyl (C=O) groups excluding carboxylic acids is 1. The minimum Gasteiger partial charge on any atom is -0.496 e. The smallest absolute Gasteiger partial charge is 0.253 e. The standard InChI is InChI=1S/C23H27FN2O3/c1-28-21-9-8-19(24)14-18(21)15-25-12-5-10-23(11-13-25)17-26(22(27)16-29-23)20-6-3-2-4-7-20/h2-4,6-9,14H,5,10-13,15-17H2,1H3. The third kappa shape index (κ3) is 4.43. The van der Waals surface area contributed by atoms with Crippen molar-refractivity contribution >= 4 is 11.6 Å². The number of hydrogen-bond donors (Lipinski definition) is 0. The molecule has 0 aliphatic carbocycles. The van der Waals surface area contributed by atoms with E-state index in [1.54, 1.807) is 19.2 Å². The van der Waals surface area contributed by atoms with Gasteiger partial charge in [-0.2, -0.15) is 0 Å². The molecule has 1 atom stereocenters. The van der Waals surface area contributed by atoms with Crippen LogP contribution in [-0.2, 0) is 16.1 Å². The van der Waals surface area contributed by atoms with E-state index in [4.69, 9.17) is 9.47 Å². The van der Waals surface area contributed by atoms with Crippen LogP contribution in [0.25, 0.3) is 0 Å². The molecule has 2 aliphatic rings. The molecule has 5 nitrogen and oxygen atoms in total. The van der Waals surface area contributed by atoms with E-state index in [0.717, 1.165) is 43.6 Å². The lowest BCUT2D eigenvalue weighted by atomic mass is 9.92. The Labute approximate surface area is 171 Å². The van der Waals surface area contributed by atoms with E-state index in [9.17, 15) is 9.18 Å². The Morgan fingerprint density at radius 1 is 1.14 bits per heavy atom. The SMILES string of the molecule is COc1ccc(F)cc1CN1CCCC2(CC1)CN(c1ccccc1)C(=O)CO2. The number of ether oxygens (including phenoxy) is 2. The molecule has 0 aromatic heterocycles. The summed E-state index contributed by atoms with van der Waals surface area (Å²) in [6.45, 7) is 3.07. The number of methoxy groups -OCH3 is 1. The Morgan fingerprint density at radius 2 is 1.97 bits per heavy atom. The van der Waals surface area contributed by atoms with E-state index in [1.165, 1.54) is 6.07 Å². The van der Waals surface area contributed by atoms with Crippen molar-refractivity contribution in [3.05, 3.63) is 59.9 Å². The van der Waals surface area contributed by atoms with Gasteiger partial charge in [0.15, 0.2) is 0 Å². The van der Waals surface area contributed by atoms with Crippen LogP contribution in [0.1, 0.15) is 24.8 Å². The van der Waals surface area contributed by atoms with Gasteiger partial charge in [-0.15, -0.1) is 0 Å². The average molecular weight is 398 g/mol. The minimum atomic E-state index is -0.329. The first-order chi connectivity index (χ1) is 14.1. The Bertz CT molecular complexity index is 860. The first kappa shape index (κ1) is 19.9. The maximum absolute atomic E-state index is 13.7. The van der Waals surface area contributed by atoms with Crippen LogP contribution in [0.15, 0.2) is 48.5 Å². The zero-order valence-electron chi connectivity index (χ0n) is 16.8. The van der Waals surface area contributed by atoms with Gasteiger partial charge >= 0.3 is 0 Å². The zero-order chi connectivity index (χ0) is 20.3. The summed E-state index contributed by atoms with van der Waals surface area (Å²) in [5.41, 5.74) is 1.45. The fourth-order valence-corrected chi connectivity index (χ4v) is 4.35. The van der Waals surface area contributed by atoms with Crippen molar-refractivity contribution in [3.8, 4) is 5.75 Å². The number of amides is 1. The normalized spacial score (nSPS) is 23.2. The second-order valence-corrected chi connectivity index (χ2v) is 7.87. The van der Waals surface area contributed by atoms with E-state index in [-0.39, 0.29) is 23.9 Å². The number of nitrogens with zero attached hydrogens (tertiary/aromatic N) is 2. The van der Waals surface area contributed by atoms with Crippen molar-refractivity contribution in [2.75, 3.05) is 38.3 Å². The first-order valence-corrected chi connectivity index (χ1v) is 10.1. The summed E-state index contributed by atoms with van der Waals surface area (Å²) in [6.07, 6.45) is 2.70. The molecule has 2 saturated heterocycles. The minimum absolute atomic E-state index is 0.00688. The molecule has 2 aliphatic heterocycles. The molecular formula is C23H27FN2O3. The zero-order valence-corrected chi connectivity index (χ0v) is 16.8. The Hall–Kier alpha value is -2.44. The fourth-order valence-electron chi connectivity index (χ4n) is 4.35. The predicted octanol–water partition coefficient (Wildman–Crippen LogP) is 3.62. The molecule has 0 saturated carbocycles. The van der Waals surface area contributed by atoms with Gasteiger partial charge in [0.05, 0.1) is 19.3 Å². The number of rotatable bonds is 4. The topological polar surface area (TPSA) is 42.0 Å². The molecule has 2 heterocycles. The predicted molar refractivity (Wildman–Crippen MR) is 110 cm³/mol. The lowest BCUT2D eigenvalue weighted by molar-refractivity contribution is -0.140. The van der Waals surface area contributed by atoms with Gasteiger partial charge < -0.3 is 14.4 Å². The molecule has 2 aromatic rings. The maximum atomic E-state index is 13.7. The van der Waals surface area contributed by atoms with Gasteiger partial charge in [0.1, 0.15) is 18.2 Å². The Morgan fingerprint density at radius 3 is 2.76 bits per heavy atom. The Balaban J connectivity index is 1.46. The molecule has 6 heteroatoms. The molecule has 0 bridgehead atoms. The van der Waals surface area contributed by atoms with Crippen molar-refractivity contribution in [3.63, 3.8) is 0 Å². The molecule has 0 N–H and O–H groups in total. The highest BCUT2D eigenvalue weighted by molar-refractivity contribution is 5.95. The summed E-state index contributed by atoms with van der Waals surface area (Å²) in [7, 11) is 1.61. The van der Waals surface area contributed by atoms with Crippen LogP contribution in [0.4, 0.5) is 10.1 Å². The fraction of sp³-hybridized carbons (Fsp3) is 0.435. The number of likely N-dealkylation sites (tertiary alicyclic amines) is 1. The maximum Gasteiger partial charge on any atom is 0.253 e. The molecule has 0 radical (unpaired) electrons. The second kappa shape index (κ2) is 8.51. The summed E-state index contributed by atoms with van der Waals surface area (Å²) in [6, 6.07) is 14.4. The monoisotopic (exact) mass is 398 g/mol. The molecule has 1 unspecified atom stereocenters. The van der Waals surface area contributed by atoms with Gasteiger partial charge in [0, 0.05) is 24.3 Å². The van der Waals surface area contributed by atoms with Crippen LogP contribution in [0.3, 0.4) is 0 Å². The van der Waals surface area contributed by atoms with Crippen LogP contribution < -0.4 is 9.64 Å². The number of carbonyl (C=O) groups is 1. The number of para-hydroxylation sites is 1. The largest absolute Gasteiger partial charge is 0.496 e. The molecule has 2 aromatic carbocycles.